The van der Waals surface area contributed by atoms with E-state index in [0.29, 0.717) is 11.2 Å². The number of hydrogen-bond acceptors (Lipinski definition) is 13. The van der Waals surface area contributed by atoms with Gasteiger partial charge in [0.25, 0.3) is 5.95 Å². The first kappa shape index (κ1) is 23.0. The molecule has 2 saturated heterocycles. The van der Waals surface area contributed by atoms with Gasteiger partial charge in [0.2, 0.25) is 0 Å². The van der Waals surface area contributed by atoms with Gasteiger partial charge in [0.15, 0.2) is 29.9 Å². The van der Waals surface area contributed by atoms with E-state index < -0.39 is 42.4 Å². The Hall–Kier alpha value is -3.78. The van der Waals surface area contributed by atoms with E-state index in [1.165, 1.54) is 31.7 Å². The third-order valence-corrected chi connectivity index (χ3v) is 5.82. The summed E-state index contributed by atoms with van der Waals surface area (Å²) < 4.78 is 23.6. The zero-order valence-corrected chi connectivity index (χ0v) is 19.2. The third-order valence-electron chi connectivity index (χ3n) is 5.82. The van der Waals surface area contributed by atoms with Gasteiger partial charge in [-0.3, -0.25) is 23.8 Å². The van der Waals surface area contributed by atoms with Crippen LogP contribution >= 0.6 is 0 Å². The molecule has 35 heavy (non-hydrogen) atoms. The molecule has 2 aromatic heterocycles. The molecule has 6 atom stereocenters. The average Bonchev–Trinajstić information content (AvgIpc) is 3.56. The highest BCUT2D eigenvalue weighted by Gasteiger charge is 2.51. The number of carbonyl (C=O) groups excluding carboxylic acids is 3. The lowest BCUT2D eigenvalue weighted by atomic mass is 10.1. The number of carbonyl (C=O) groups is 3. The molecule has 3 aliphatic rings. The number of rotatable bonds is 6. The van der Waals surface area contributed by atoms with E-state index in [-0.39, 0.29) is 30.5 Å². The van der Waals surface area contributed by atoms with Crippen molar-refractivity contribution in [3.05, 3.63) is 18.5 Å². The predicted molar refractivity (Wildman–Crippen MR) is 116 cm³/mol. The van der Waals surface area contributed by atoms with E-state index in [1.54, 1.807) is 5.06 Å². The molecule has 2 bridgehead atoms. The van der Waals surface area contributed by atoms with Crippen LogP contribution in [0.15, 0.2) is 18.5 Å². The Morgan fingerprint density at radius 3 is 2.46 bits per heavy atom. The largest absolute Gasteiger partial charge is 0.463 e. The topological polar surface area (TPSA) is 170 Å². The molecule has 0 radical (unpaired) electrons. The Bertz CT molecular complexity index is 1210. The van der Waals surface area contributed by atoms with Gasteiger partial charge in [-0.25, -0.2) is 10.0 Å². The first-order chi connectivity index (χ1) is 16.7. The molecule has 0 spiro atoms. The Balaban J connectivity index is 1.54. The first-order valence-corrected chi connectivity index (χ1v) is 11.0. The second-order valence-corrected chi connectivity index (χ2v) is 8.41. The lowest BCUT2D eigenvalue weighted by molar-refractivity contribution is -0.166. The smallest absolute Gasteiger partial charge is 0.303 e. The highest BCUT2D eigenvalue weighted by molar-refractivity contribution is 5.83. The summed E-state index contributed by atoms with van der Waals surface area (Å²) in [5, 5.41) is 1.59. The highest BCUT2D eigenvalue weighted by atomic mass is 16.7. The summed E-state index contributed by atoms with van der Waals surface area (Å²) in [6.45, 7) is 3.45. The van der Waals surface area contributed by atoms with Gasteiger partial charge in [0.1, 0.15) is 24.3 Å². The second kappa shape index (κ2) is 8.78. The molecule has 2 fully saturated rings. The number of hydrogen-bond donors (Lipinski definition) is 1. The normalized spacial score (nSPS) is 29.1. The molecule has 0 amide bonds. The minimum atomic E-state index is -1.09. The average molecular weight is 488 g/mol. The molecule has 2 aromatic rings. The van der Waals surface area contributed by atoms with Crippen LogP contribution < -0.4 is 10.8 Å². The Morgan fingerprint density at radius 2 is 1.83 bits per heavy atom. The predicted octanol–water partition coefficient (Wildman–Crippen LogP) is 0.181. The van der Waals surface area contributed by atoms with Crippen LogP contribution in [0.1, 0.15) is 33.4 Å². The number of imidazole rings is 1. The van der Waals surface area contributed by atoms with Crippen molar-refractivity contribution < 1.29 is 38.2 Å². The van der Waals surface area contributed by atoms with Crippen molar-refractivity contribution in [2.45, 2.75) is 63.9 Å². The van der Waals surface area contributed by atoms with E-state index in [9.17, 15) is 14.4 Å². The Labute approximate surface area is 198 Å². The van der Waals surface area contributed by atoms with E-state index in [4.69, 9.17) is 29.5 Å². The maximum atomic E-state index is 11.9. The van der Waals surface area contributed by atoms with Gasteiger partial charge in [-0.2, -0.15) is 9.97 Å². The van der Waals surface area contributed by atoms with Crippen LogP contribution in [0.25, 0.3) is 11.2 Å². The maximum absolute atomic E-state index is 11.9. The lowest BCUT2D eigenvalue weighted by Gasteiger charge is -2.24. The van der Waals surface area contributed by atoms with Gasteiger partial charge >= 0.3 is 17.9 Å². The number of nitrogen functional groups attached to an aromatic ring is 1. The van der Waals surface area contributed by atoms with Crippen molar-refractivity contribution in [1.82, 2.24) is 19.5 Å². The monoisotopic (exact) mass is 488 g/mol. The van der Waals surface area contributed by atoms with Crippen molar-refractivity contribution in [3.8, 4) is 0 Å². The Morgan fingerprint density at radius 1 is 1.09 bits per heavy atom. The van der Waals surface area contributed by atoms with Gasteiger partial charge in [0.05, 0.1) is 12.4 Å². The summed E-state index contributed by atoms with van der Waals surface area (Å²) in [5.41, 5.74) is 6.76. The van der Waals surface area contributed by atoms with E-state index in [0.717, 1.165) is 6.42 Å². The number of aromatic nitrogens is 4. The first-order valence-electron chi connectivity index (χ1n) is 11.0. The summed E-state index contributed by atoms with van der Waals surface area (Å²) in [6.07, 6.45) is 2.04. The van der Waals surface area contributed by atoms with Crippen molar-refractivity contribution in [2.75, 3.05) is 17.4 Å². The molecular weight excluding hydrogens is 464 g/mol. The van der Waals surface area contributed by atoms with Crippen LogP contribution in [0.3, 0.4) is 0 Å². The highest BCUT2D eigenvalue weighted by Crippen LogP contribution is 2.38. The van der Waals surface area contributed by atoms with Crippen LogP contribution in [0, 0.1) is 0 Å². The van der Waals surface area contributed by atoms with Crippen molar-refractivity contribution in [3.63, 3.8) is 0 Å². The number of esters is 3. The van der Waals surface area contributed by atoms with Crippen LogP contribution in [0.2, 0.25) is 0 Å². The molecule has 5 rings (SSSR count). The molecule has 14 heteroatoms. The molecule has 4 heterocycles. The molecule has 2 N–H and O–H groups in total. The van der Waals surface area contributed by atoms with Crippen LogP contribution in [0.5, 0.6) is 0 Å². The SMILES string of the molecule is CC(=O)OC[C@H]1O[C@@H](n2cnc3c(N)nc(N4O[C@@H]5C=C[C@H]4C5)nc32)[C@H](OC(C)=O)[C@@H]1OC(C)=O. The number of anilines is 2. The number of ether oxygens (including phenoxy) is 4. The van der Waals surface area contributed by atoms with E-state index in [2.05, 4.69) is 15.0 Å². The molecule has 14 nitrogen and oxygen atoms in total. The van der Waals surface area contributed by atoms with Gasteiger partial charge < -0.3 is 24.7 Å². The van der Waals surface area contributed by atoms with Crippen molar-refractivity contribution >= 4 is 40.8 Å². The zero-order valence-electron chi connectivity index (χ0n) is 19.2. The summed E-state index contributed by atoms with van der Waals surface area (Å²) in [6, 6.07) is -0.0220. The number of nitrogens with zero attached hydrogens (tertiary/aromatic N) is 5. The minimum absolute atomic E-state index is 0.0220. The fraction of sp³-hybridized carbons (Fsp3) is 0.524. The molecule has 0 aromatic carbocycles. The molecule has 0 unspecified atom stereocenters. The Kier molecular flexibility index (Phi) is 5.76. The van der Waals surface area contributed by atoms with Crippen LogP contribution in [-0.4, -0.2) is 74.5 Å². The van der Waals surface area contributed by atoms with Crippen molar-refractivity contribution in [2.24, 2.45) is 0 Å². The zero-order chi connectivity index (χ0) is 24.9. The van der Waals surface area contributed by atoms with Crippen LogP contribution in [-0.2, 0) is 38.2 Å². The minimum Gasteiger partial charge on any atom is -0.463 e. The number of nitrogens with two attached hydrogens (primary N) is 1. The van der Waals surface area contributed by atoms with Gasteiger partial charge in [-0.15, -0.1) is 0 Å². The van der Waals surface area contributed by atoms with E-state index in [1.807, 2.05) is 12.2 Å². The summed E-state index contributed by atoms with van der Waals surface area (Å²) in [4.78, 5) is 54.2. The summed E-state index contributed by atoms with van der Waals surface area (Å²) in [7, 11) is 0. The molecule has 186 valence electrons. The molecule has 2 aliphatic heterocycles. The summed E-state index contributed by atoms with van der Waals surface area (Å²) in [5.74, 6) is -1.43. The standard InChI is InChI=1S/C21H24N6O8/c1-9(28)31-7-14-16(32-10(2)29)17(33-11(3)30)20(34-14)26-8-23-15-18(22)24-21(25-19(15)26)27-12-4-5-13(6-12)35-27/h4-5,8,12-14,16-17,20H,6-7H2,1-3H3,(H2,22,24,25)/t12-,13+,14+,16+,17+,20+/m0/s1. The molecule has 1 aliphatic carbocycles. The number of fused-ring (bicyclic) bond motifs is 3. The molecule has 0 saturated carbocycles. The van der Waals surface area contributed by atoms with Gasteiger partial charge in [0, 0.05) is 27.2 Å². The maximum Gasteiger partial charge on any atom is 0.303 e. The van der Waals surface area contributed by atoms with Gasteiger partial charge in [-0.05, 0) is 0 Å². The third kappa shape index (κ3) is 4.25. The molecular formula is C21H24N6O8. The quantitative estimate of drug-likeness (QED) is 0.332. The second-order valence-electron chi connectivity index (χ2n) is 8.41. The lowest BCUT2D eigenvalue weighted by Crippen LogP contribution is -2.40. The van der Waals surface area contributed by atoms with E-state index >= 15 is 0 Å². The fourth-order valence-electron chi connectivity index (χ4n) is 4.45. The van der Waals surface area contributed by atoms with Crippen LogP contribution in [0.4, 0.5) is 11.8 Å². The van der Waals surface area contributed by atoms with Gasteiger partial charge in [-0.1, -0.05) is 12.2 Å². The van der Waals surface area contributed by atoms with Crippen molar-refractivity contribution in [1.29, 1.82) is 0 Å². The number of hydroxylamine groups is 1. The fourth-order valence-corrected chi connectivity index (χ4v) is 4.45. The summed E-state index contributed by atoms with van der Waals surface area (Å²) >= 11 is 0.